The van der Waals surface area contributed by atoms with Gasteiger partial charge in [0.1, 0.15) is 0 Å². The quantitative estimate of drug-likeness (QED) is 0.748. The summed E-state index contributed by atoms with van der Waals surface area (Å²) >= 11 is 4.83. The van der Waals surface area contributed by atoms with Gasteiger partial charge >= 0.3 is 0 Å². The molecule has 0 aliphatic carbocycles. The van der Waals surface area contributed by atoms with Crippen LogP contribution in [0.25, 0.3) is 0 Å². The summed E-state index contributed by atoms with van der Waals surface area (Å²) in [6.07, 6.45) is 5.28. The first-order chi connectivity index (χ1) is 7.11. The lowest BCUT2D eigenvalue weighted by molar-refractivity contribution is -0.134. The summed E-state index contributed by atoms with van der Waals surface area (Å²) in [4.78, 5) is 14.4. The number of hydrogen-bond donors (Lipinski definition) is 1. The van der Waals surface area contributed by atoms with E-state index in [0.29, 0.717) is 11.4 Å². The second-order valence-corrected chi connectivity index (χ2v) is 4.84. The zero-order valence-electron chi connectivity index (χ0n) is 9.37. The Morgan fingerprint density at radius 3 is 2.33 bits per heavy atom. The van der Waals surface area contributed by atoms with Crippen molar-refractivity contribution >= 4 is 23.1 Å². The molecule has 1 aliphatic heterocycles. The summed E-state index contributed by atoms with van der Waals surface area (Å²) in [5, 5.41) is 0. The minimum absolute atomic E-state index is 0.0550. The number of carbonyl (C=O) groups excluding carboxylic acids is 1. The van der Waals surface area contributed by atoms with Crippen molar-refractivity contribution in [2.45, 2.75) is 39.0 Å². The van der Waals surface area contributed by atoms with Crippen molar-refractivity contribution in [1.82, 2.24) is 4.90 Å². The van der Waals surface area contributed by atoms with Gasteiger partial charge in [0.2, 0.25) is 5.91 Å². The molecule has 0 radical (unpaired) electrons. The molecule has 0 aromatic heterocycles. The van der Waals surface area contributed by atoms with Gasteiger partial charge in [-0.15, -0.1) is 0 Å². The van der Waals surface area contributed by atoms with Gasteiger partial charge in [-0.25, -0.2) is 0 Å². The van der Waals surface area contributed by atoms with E-state index in [-0.39, 0.29) is 11.8 Å². The summed E-state index contributed by atoms with van der Waals surface area (Å²) < 4.78 is 0. The number of amides is 1. The van der Waals surface area contributed by atoms with Crippen molar-refractivity contribution in [3.63, 3.8) is 0 Å². The Morgan fingerprint density at radius 1 is 1.33 bits per heavy atom. The minimum atomic E-state index is -0.0550. The van der Waals surface area contributed by atoms with E-state index in [2.05, 4.69) is 0 Å². The maximum atomic E-state index is 12.0. The van der Waals surface area contributed by atoms with Crippen molar-refractivity contribution < 1.29 is 4.79 Å². The molecule has 1 amide bonds. The molecule has 4 heteroatoms. The number of carbonyl (C=O) groups is 1. The van der Waals surface area contributed by atoms with E-state index in [1.807, 2.05) is 11.8 Å². The third-order valence-electron chi connectivity index (χ3n) is 2.85. The summed E-state index contributed by atoms with van der Waals surface area (Å²) in [6, 6.07) is 0. The van der Waals surface area contributed by atoms with Gasteiger partial charge in [-0.2, -0.15) is 0 Å². The van der Waals surface area contributed by atoms with E-state index in [4.69, 9.17) is 18.0 Å². The van der Waals surface area contributed by atoms with Gasteiger partial charge in [-0.3, -0.25) is 4.79 Å². The van der Waals surface area contributed by atoms with Crippen molar-refractivity contribution in [3.05, 3.63) is 0 Å². The van der Waals surface area contributed by atoms with Gasteiger partial charge in [0.25, 0.3) is 0 Å². The summed E-state index contributed by atoms with van der Waals surface area (Å²) in [7, 11) is 0. The predicted octanol–water partition coefficient (Wildman–Crippen LogP) is 1.70. The van der Waals surface area contributed by atoms with Gasteiger partial charge in [-0.1, -0.05) is 32.0 Å². The first-order valence-electron chi connectivity index (χ1n) is 5.68. The van der Waals surface area contributed by atoms with Gasteiger partial charge in [0.05, 0.1) is 4.99 Å². The van der Waals surface area contributed by atoms with Crippen LogP contribution in [0.15, 0.2) is 0 Å². The number of hydrogen-bond acceptors (Lipinski definition) is 2. The van der Waals surface area contributed by atoms with Crippen LogP contribution in [0.2, 0.25) is 0 Å². The number of nitrogens with two attached hydrogens (primary N) is 1. The molecule has 1 aliphatic rings. The van der Waals surface area contributed by atoms with E-state index in [1.54, 1.807) is 0 Å². The topological polar surface area (TPSA) is 46.3 Å². The Kier molecular flexibility index (Phi) is 5.02. The second-order valence-electron chi connectivity index (χ2n) is 4.31. The number of rotatable bonds is 3. The molecule has 1 unspecified atom stereocenters. The lowest BCUT2D eigenvalue weighted by Gasteiger charge is -2.23. The van der Waals surface area contributed by atoms with Crippen molar-refractivity contribution in [1.29, 1.82) is 0 Å². The molecule has 1 saturated heterocycles. The molecule has 1 rings (SSSR count). The fourth-order valence-electron chi connectivity index (χ4n) is 1.99. The summed E-state index contributed by atoms with van der Waals surface area (Å²) in [6.45, 7) is 3.72. The Labute approximate surface area is 97.0 Å². The molecule has 0 aromatic rings. The molecule has 15 heavy (non-hydrogen) atoms. The molecule has 86 valence electrons. The van der Waals surface area contributed by atoms with E-state index in [1.165, 1.54) is 12.8 Å². The van der Waals surface area contributed by atoms with Crippen molar-refractivity contribution in [2.24, 2.45) is 11.7 Å². The molecule has 0 aromatic carbocycles. The molecule has 2 N–H and O–H groups in total. The monoisotopic (exact) mass is 228 g/mol. The van der Waals surface area contributed by atoms with Crippen LogP contribution in [0, 0.1) is 5.92 Å². The van der Waals surface area contributed by atoms with E-state index >= 15 is 0 Å². The zero-order valence-corrected chi connectivity index (χ0v) is 10.2. The third kappa shape index (κ3) is 4.16. The second kappa shape index (κ2) is 6.05. The van der Waals surface area contributed by atoms with Gasteiger partial charge in [-0.05, 0) is 12.8 Å². The highest BCUT2D eigenvalue weighted by Gasteiger charge is 2.21. The van der Waals surface area contributed by atoms with Crippen LogP contribution in [0.5, 0.6) is 0 Å². The average molecular weight is 228 g/mol. The third-order valence-corrected chi connectivity index (χ3v) is 3.01. The first kappa shape index (κ1) is 12.4. The van der Waals surface area contributed by atoms with Crippen LogP contribution in [0.1, 0.15) is 39.0 Å². The Hall–Kier alpha value is -0.640. The Bertz CT molecular complexity index is 235. The summed E-state index contributed by atoms with van der Waals surface area (Å²) in [5.74, 6) is 0.158. The fourth-order valence-corrected chi connectivity index (χ4v) is 2.24. The highest BCUT2D eigenvalue weighted by atomic mass is 32.1. The van der Waals surface area contributed by atoms with Crippen LogP contribution in [-0.2, 0) is 4.79 Å². The average Bonchev–Trinajstić information content (AvgIpc) is 2.43. The lowest BCUT2D eigenvalue weighted by Crippen LogP contribution is -2.37. The predicted molar refractivity (Wildman–Crippen MR) is 65.6 cm³/mol. The zero-order chi connectivity index (χ0) is 11.3. The number of thiocarbonyl (C=S) groups is 1. The molecule has 0 saturated carbocycles. The van der Waals surface area contributed by atoms with Crippen molar-refractivity contribution in [3.8, 4) is 0 Å². The lowest BCUT2D eigenvalue weighted by atomic mass is 10.1. The van der Waals surface area contributed by atoms with Crippen LogP contribution < -0.4 is 5.73 Å². The van der Waals surface area contributed by atoms with Crippen LogP contribution in [0.4, 0.5) is 0 Å². The standard InChI is InChI=1S/C11H20N2OS/c1-9(8-10(12)15)11(14)13-6-4-2-3-5-7-13/h9H,2-8H2,1H3,(H2,12,15). The molecule has 0 bridgehead atoms. The largest absolute Gasteiger partial charge is 0.393 e. The van der Waals surface area contributed by atoms with E-state index in [0.717, 1.165) is 25.9 Å². The van der Waals surface area contributed by atoms with Gasteiger partial charge in [0.15, 0.2) is 0 Å². The maximum absolute atomic E-state index is 12.0. The van der Waals surface area contributed by atoms with E-state index < -0.39 is 0 Å². The normalized spacial score (nSPS) is 19.4. The van der Waals surface area contributed by atoms with Crippen molar-refractivity contribution in [2.75, 3.05) is 13.1 Å². The molecule has 3 nitrogen and oxygen atoms in total. The van der Waals surface area contributed by atoms with Crippen LogP contribution in [0.3, 0.4) is 0 Å². The maximum Gasteiger partial charge on any atom is 0.225 e. The SMILES string of the molecule is CC(CC(N)=S)C(=O)N1CCCCCC1. The molecule has 1 atom stereocenters. The van der Waals surface area contributed by atoms with Gasteiger partial charge in [0, 0.05) is 25.4 Å². The van der Waals surface area contributed by atoms with Crippen LogP contribution in [-0.4, -0.2) is 28.9 Å². The number of likely N-dealkylation sites (tertiary alicyclic amines) is 1. The molecule has 1 heterocycles. The van der Waals surface area contributed by atoms with Crippen LogP contribution >= 0.6 is 12.2 Å². The number of nitrogens with zero attached hydrogens (tertiary/aromatic N) is 1. The molecular weight excluding hydrogens is 208 g/mol. The smallest absolute Gasteiger partial charge is 0.225 e. The molecule has 1 fully saturated rings. The summed E-state index contributed by atoms with van der Waals surface area (Å²) in [5.41, 5.74) is 5.45. The fraction of sp³-hybridized carbons (Fsp3) is 0.818. The highest BCUT2D eigenvalue weighted by Crippen LogP contribution is 2.14. The highest BCUT2D eigenvalue weighted by molar-refractivity contribution is 7.80. The molecule has 0 spiro atoms. The Morgan fingerprint density at radius 2 is 1.87 bits per heavy atom. The van der Waals surface area contributed by atoms with Gasteiger partial charge < -0.3 is 10.6 Å². The minimum Gasteiger partial charge on any atom is -0.393 e. The van der Waals surface area contributed by atoms with E-state index in [9.17, 15) is 4.79 Å². The molecular formula is C11H20N2OS. The first-order valence-corrected chi connectivity index (χ1v) is 6.09. The Balaban J connectivity index is 2.46.